The summed E-state index contributed by atoms with van der Waals surface area (Å²) in [5, 5.41) is 3.55. The van der Waals surface area contributed by atoms with Gasteiger partial charge < -0.3 is 5.32 Å². The Morgan fingerprint density at radius 2 is 1.72 bits per heavy atom. The third kappa shape index (κ3) is 3.25. The number of piperazine rings is 1. The molecule has 2 fully saturated rings. The van der Waals surface area contributed by atoms with Crippen LogP contribution in [0.3, 0.4) is 0 Å². The summed E-state index contributed by atoms with van der Waals surface area (Å²) in [6.07, 6.45) is 4.13. The van der Waals surface area contributed by atoms with E-state index in [2.05, 4.69) is 42.9 Å². The van der Waals surface area contributed by atoms with Crippen molar-refractivity contribution < 1.29 is 0 Å². The van der Waals surface area contributed by atoms with Gasteiger partial charge in [0.15, 0.2) is 0 Å². The quantitative estimate of drug-likeness (QED) is 0.827. The zero-order valence-electron chi connectivity index (χ0n) is 12.7. The van der Waals surface area contributed by atoms with E-state index in [1.165, 1.54) is 45.4 Å². The normalized spacial score (nSPS) is 36.2. The SMILES string of the molecule is CNC1CCC(C)CC1N1CCN(C(C)C)CC1. The second-order valence-electron chi connectivity index (χ2n) is 6.55. The van der Waals surface area contributed by atoms with E-state index in [9.17, 15) is 0 Å². The van der Waals surface area contributed by atoms with E-state index in [1.807, 2.05) is 0 Å². The molecule has 1 aliphatic carbocycles. The predicted octanol–water partition coefficient (Wildman–Crippen LogP) is 1.79. The molecule has 0 amide bonds. The lowest BCUT2D eigenvalue weighted by Crippen LogP contribution is -2.58. The summed E-state index contributed by atoms with van der Waals surface area (Å²) in [6.45, 7) is 12.1. The molecule has 3 heteroatoms. The third-order valence-corrected chi connectivity index (χ3v) is 5.00. The van der Waals surface area contributed by atoms with Gasteiger partial charge in [-0.25, -0.2) is 0 Å². The van der Waals surface area contributed by atoms with Gasteiger partial charge in [-0.3, -0.25) is 9.80 Å². The highest BCUT2D eigenvalue weighted by atomic mass is 15.3. The molecular formula is C15H31N3. The van der Waals surface area contributed by atoms with Gasteiger partial charge in [-0.05, 0) is 46.1 Å². The Hall–Kier alpha value is -0.120. The highest BCUT2D eigenvalue weighted by Crippen LogP contribution is 2.28. The second kappa shape index (κ2) is 6.36. The Balaban J connectivity index is 1.90. The summed E-state index contributed by atoms with van der Waals surface area (Å²) in [5.41, 5.74) is 0. The molecule has 0 bridgehead atoms. The van der Waals surface area contributed by atoms with Crippen LogP contribution in [0.15, 0.2) is 0 Å². The van der Waals surface area contributed by atoms with Gasteiger partial charge in [-0.2, -0.15) is 0 Å². The third-order valence-electron chi connectivity index (χ3n) is 5.00. The Kier molecular flexibility index (Phi) is 5.05. The van der Waals surface area contributed by atoms with E-state index < -0.39 is 0 Å². The Labute approximate surface area is 113 Å². The molecular weight excluding hydrogens is 222 g/mol. The molecule has 0 radical (unpaired) electrons. The van der Waals surface area contributed by atoms with Crippen molar-refractivity contribution in [3.05, 3.63) is 0 Å². The summed E-state index contributed by atoms with van der Waals surface area (Å²) in [7, 11) is 2.14. The lowest BCUT2D eigenvalue weighted by Gasteiger charge is -2.46. The van der Waals surface area contributed by atoms with Crippen molar-refractivity contribution in [2.75, 3.05) is 33.2 Å². The van der Waals surface area contributed by atoms with Crippen LogP contribution in [0.1, 0.15) is 40.0 Å². The summed E-state index contributed by atoms with van der Waals surface area (Å²) in [4.78, 5) is 5.35. The van der Waals surface area contributed by atoms with Gasteiger partial charge in [-0.1, -0.05) is 6.92 Å². The minimum absolute atomic E-state index is 0.706. The molecule has 1 saturated heterocycles. The fraction of sp³-hybridized carbons (Fsp3) is 1.00. The van der Waals surface area contributed by atoms with Crippen LogP contribution in [0.4, 0.5) is 0 Å². The average Bonchev–Trinajstić information content (AvgIpc) is 2.39. The van der Waals surface area contributed by atoms with Crippen LogP contribution >= 0.6 is 0 Å². The second-order valence-corrected chi connectivity index (χ2v) is 6.55. The number of hydrogen-bond donors (Lipinski definition) is 1. The van der Waals surface area contributed by atoms with E-state index in [1.54, 1.807) is 0 Å². The maximum Gasteiger partial charge on any atom is 0.0252 e. The Bertz CT molecular complexity index is 246. The van der Waals surface area contributed by atoms with E-state index in [-0.39, 0.29) is 0 Å². The van der Waals surface area contributed by atoms with Crippen LogP contribution < -0.4 is 5.32 Å². The smallest absolute Gasteiger partial charge is 0.0252 e. The molecule has 2 rings (SSSR count). The highest BCUT2D eigenvalue weighted by molar-refractivity contribution is 4.91. The maximum atomic E-state index is 3.55. The highest BCUT2D eigenvalue weighted by Gasteiger charge is 2.33. The van der Waals surface area contributed by atoms with Crippen LogP contribution in [0.5, 0.6) is 0 Å². The molecule has 1 N–H and O–H groups in total. The fourth-order valence-corrected chi connectivity index (χ4v) is 3.68. The van der Waals surface area contributed by atoms with Gasteiger partial charge in [0.1, 0.15) is 0 Å². The van der Waals surface area contributed by atoms with Gasteiger partial charge in [0.25, 0.3) is 0 Å². The van der Waals surface area contributed by atoms with Crippen molar-refractivity contribution in [2.45, 2.75) is 58.2 Å². The van der Waals surface area contributed by atoms with E-state index >= 15 is 0 Å². The van der Waals surface area contributed by atoms with Gasteiger partial charge in [0, 0.05) is 44.3 Å². The van der Waals surface area contributed by atoms with E-state index in [0.29, 0.717) is 12.1 Å². The van der Waals surface area contributed by atoms with E-state index in [4.69, 9.17) is 0 Å². The monoisotopic (exact) mass is 253 g/mol. The molecule has 106 valence electrons. The van der Waals surface area contributed by atoms with E-state index in [0.717, 1.165) is 12.0 Å². The molecule has 2 aliphatic rings. The van der Waals surface area contributed by atoms with Crippen LogP contribution in [-0.2, 0) is 0 Å². The van der Waals surface area contributed by atoms with Crippen molar-refractivity contribution in [2.24, 2.45) is 5.92 Å². The van der Waals surface area contributed by atoms with Crippen molar-refractivity contribution in [3.63, 3.8) is 0 Å². The molecule has 3 unspecified atom stereocenters. The summed E-state index contributed by atoms with van der Waals surface area (Å²) in [5.74, 6) is 0.905. The van der Waals surface area contributed by atoms with Gasteiger partial charge in [0.05, 0.1) is 0 Å². The average molecular weight is 253 g/mol. The first kappa shape index (κ1) is 14.3. The van der Waals surface area contributed by atoms with Gasteiger partial charge >= 0.3 is 0 Å². The molecule has 3 nitrogen and oxygen atoms in total. The molecule has 1 saturated carbocycles. The Morgan fingerprint density at radius 1 is 1.06 bits per heavy atom. The number of nitrogens with one attached hydrogen (secondary N) is 1. The number of rotatable bonds is 3. The van der Waals surface area contributed by atoms with Gasteiger partial charge in [-0.15, -0.1) is 0 Å². The zero-order valence-corrected chi connectivity index (χ0v) is 12.7. The van der Waals surface area contributed by atoms with Crippen LogP contribution in [-0.4, -0.2) is 61.2 Å². The zero-order chi connectivity index (χ0) is 13.1. The number of likely N-dealkylation sites (N-methyl/N-ethyl adjacent to an activating group) is 1. The topological polar surface area (TPSA) is 18.5 Å². The largest absolute Gasteiger partial charge is 0.315 e. The van der Waals surface area contributed by atoms with Crippen molar-refractivity contribution >= 4 is 0 Å². The Morgan fingerprint density at radius 3 is 2.28 bits per heavy atom. The lowest BCUT2D eigenvalue weighted by molar-refractivity contribution is 0.0414. The first-order valence-corrected chi connectivity index (χ1v) is 7.77. The molecule has 1 heterocycles. The first-order valence-electron chi connectivity index (χ1n) is 7.77. The minimum Gasteiger partial charge on any atom is -0.315 e. The predicted molar refractivity (Wildman–Crippen MR) is 77.9 cm³/mol. The van der Waals surface area contributed by atoms with Crippen LogP contribution in [0.25, 0.3) is 0 Å². The fourth-order valence-electron chi connectivity index (χ4n) is 3.68. The lowest BCUT2D eigenvalue weighted by atomic mass is 9.82. The van der Waals surface area contributed by atoms with Crippen LogP contribution in [0, 0.1) is 5.92 Å². The number of hydrogen-bond acceptors (Lipinski definition) is 3. The van der Waals surface area contributed by atoms with Crippen molar-refractivity contribution in [1.82, 2.24) is 15.1 Å². The molecule has 1 aliphatic heterocycles. The summed E-state index contributed by atoms with van der Waals surface area (Å²) in [6, 6.07) is 2.19. The summed E-state index contributed by atoms with van der Waals surface area (Å²) >= 11 is 0. The molecule has 18 heavy (non-hydrogen) atoms. The molecule has 0 aromatic carbocycles. The maximum absolute atomic E-state index is 3.55. The standard InChI is InChI=1S/C15H31N3/c1-12(2)17-7-9-18(10-8-17)15-11-13(3)5-6-14(15)16-4/h12-16H,5-11H2,1-4H3. The first-order chi connectivity index (χ1) is 8.61. The van der Waals surface area contributed by atoms with Gasteiger partial charge in [0.2, 0.25) is 0 Å². The van der Waals surface area contributed by atoms with Crippen molar-refractivity contribution in [1.29, 1.82) is 0 Å². The number of nitrogens with zero attached hydrogens (tertiary/aromatic N) is 2. The van der Waals surface area contributed by atoms with Crippen molar-refractivity contribution in [3.8, 4) is 0 Å². The molecule has 3 atom stereocenters. The molecule has 0 aromatic rings. The summed E-state index contributed by atoms with van der Waals surface area (Å²) < 4.78 is 0. The van der Waals surface area contributed by atoms with Crippen LogP contribution in [0.2, 0.25) is 0 Å². The molecule has 0 spiro atoms. The molecule has 0 aromatic heterocycles. The minimum atomic E-state index is 0.706.